The summed E-state index contributed by atoms with van der Waals surface area (Å²) in [5.41, 5.74) is -0.239. The molecule has 1 heterocycles. The smallest absolute Gasteiger partial charge is 0.227 e. The van der Waals surface area contributed by atoms with Crippen LogP contribution in [0.15, 0.2) is 0 Å². The van der Waals surface area contributed by atoms with Gasteiger partial charge in [0, 0.05) is 6.54 Å². The second-order valence-electron chi connectivity index (χ2n) is 5.49. The Morgan fingerprint density at radius 1 is 1.47 bits per heavy atom. The molecule has 0 aromatic carbocycles. The predicted octanol–water partition coefficient (Wildman–Crippen LogP) is 0.796. The van der Waals surface area contributed by atoms with Crippen LogP contribution in [0.1, 0.15) is 45.4 Å². The molecule has 1 aliphatic carbocycles. The SMILES string of the molecule is CCC1(C(=O)NC2CCCCC2O)CCNC1. The van der Waals surface area contributed by atoms with Crippen LogP contribution in [0.25, 0.3) is 0 Å². The van der Waals surface area contributed by atoms with Crippen molar-refractivity contribution in [2.24, 2.45) is 5.41 Å². The first-order chi connectivity index (χ1) is 8.18. The lowest BCUT2D eigenvalue weighted by Crippen LogP contribution is -2.51. The van der Waals surface area contributed by atoms with E-state index in [0.29, 0.717) is 0 Å². The molecular formula is C13H24N2O2. The summed E-state index contributed by atoms with van der Waals surface area (Å²) in [5.74, 6) is 0.135. The normalized spacial score (nSPS) is 38.0. The molecule has 4 nitrogen and oxygen atoms in total. The van der Waals surface area contributed by atoms with Gasteiger partial charge in [0.05, 0.1) is 17.6 Å². The van der Waals surface area contributed by atoms with E-state index in [4.69, 9.17) is 0 Å². The Kier molecular flexibility index (Phi) is 4.05. The molecule has 3 N–H and O–H groups in total. The summed E-state index contributed by atoms with van der Waals surface area (Å²) in [6.45, 7) is 3.77. The van der Waals surface area contributed by atoms with E-state index in [0.717, 1.165) is 51.6 Å². The van der Waals surface area contributed by atoms with Crippen molar-refractivity contribution in [3.05, 3.63) is 0 Å². The number of hydrogen-bond donors (Lipinski definition) is 3. The summed E-state index contributed by atoms with van der Waals surface area (Å²) in [6, 6.07) is -0.0275. The lowest BCUT2D eigenvalue weighted by molar-refractivity contribution is -0.132. The van der Waals surface area contributed by atoms with Crippen molar-refractivity contribution >= 4 is 5.91 Å². The molecule has 3 unspecified atom stereocenters. The lowest BCUT2D eigenvalue weighted by atomic mass is 9.82. The minimum atomic E-state index is -0.351. The molecule has 17 heavy (non-hydrogen) atoms. The fourth-order valence-electron chi connectivity index (χ4n) is 3.00. The van der Waals surface area contributed by atoms with Crippen LogP contribution in [0.3, 0.4) is 0 Å². The van der Waals surface area contributed by atoms with E-state index in [-0.39, 0.29) is 23.5 Å². The highest BCUT2D eigenvalue weighted by Gasteiger charge is 2.40. The lowest BCUT2D eigenvalue weighted by Gasteiger charge is -2.33. The molecule has 4 heteroatoms. The van der Waals surface area contributed by atoms with Crippen molar-refractivity contribution in [3.8, 4) is 0 Å². The zero-order chi connectivity index (χ0) is 12.3. The van der Waals surface area contributed by atoms with E-state index in [1.165, 1.54) is 0 Å². The summed E-state index contributed by atoms with van der Waals surface area (Å²) < 4.78 is 0. The van der Waals surface area contributed by atoms with Gasteiger partial charge in [-0.1, -0.05) is 19.8 Å². The first kappa shape index (κ1) is 12.8. The molecule has 1 saturated heterocycles. The van der Waals surface area contributed by atoms with Crippen LogP contribution in [0.4, 0.5) is 0 Å². The molecule has 0 aromatic rings. The summed E-state index contributed by atoms with van der Waals surface area (Å²) in [5, 5.41) is 16.2. The molecule has 2 rings (SSSR count). The van der Waals surface area contributed by atoms with Crippen molar-refractivity contribution in [2.45, 2.75) is 57.6 Å². The average Bonchev–Trinajstić information content (AvgIpc) is 2.82. The molecule has 2 aliphatic rings. The third-order valence-electron chi connectivity index (χ3n) is 4.45. The van der Waals surface area contributed by atoms with Gasteiger partial charge in [-0.25, -0.2) is 0 Å². The molecule has 0 bridgehead atoms. The largest absolute Gasteiger partial charge is 0.391 e. The second-order valence-corrected chi connectivity index (χ2v) is 5.49. The number of carbonyl (C=O) groups excluding carboxylic acids is 1. The topological polar surface area (TPSA) is 61.4 Å². The van der Waals surface area contributed by atoms with Crippen molar-refractivity contribution < 1.29 is 9.90 Å². The second kappa shape index (κ2) is 5.36. The molecular weight excluding hydrogens is 216 g/mol. The van der Waals surface area contributed by atoms with Crippen molar-refractivity contribution in [1.82, 2.24) is 10.6 Å². The molecule has 3 atom stereocenters. The summed E-state index contributed by atoms with van der Waals surface area (Å²) in [4.78, 5) is 12.3. The highest BCUT2D eigenvalue weighted by Crippen LogP contribution is 2.30. The standard InChI is InChI=1S/C13H24N2O2/c1-2-13(7-8-14-9-13)12(17)15-10-5-3-4-6-11(10)16/h10-11,14,16H,2-9H2,1H3,(H,15,17). The maximum absolute atomic E-state index is 12.3. The molecule has 0 aromatic heterocycles. The van der Waals surface area contributed by atoms with Gasteiger partial charge >= 0.3 is 0 Å². The Hall–Kier alpha value is -0.610. The number of rotatable bonds is 3. The molecule has 1 aliphatic heterocycles. The Morgan fingerprint density at radius 2 is 2.24 bits per heavy atom. The van der Waals surface area contributed by atoms with Gasteiger partial charge in [-0.2, -0.15) is 0 Å². The van der Waals surface area contributed by atoms with Gasteiger partial charge in [-0.15, -0.1) is 0 Å². The Balaban J connectivity index is 1.95. The van der Waals surface area contributed by atoms with E-state index in [9.17, 15) is 9.90 Å². The van der Waals surface area contributed by atoms with Gasteiger partial charge in [-0.3, -0.25) is 4.79 Å². The molecule has 0 spiro atoms. The van der Waals surface area contributed by atoms with E-state index in [1.807, 2.05) is 0 Å². The third-order valence-corrected chi connectivity index (χ3v) is 4.45. The third kappa shape index (κ3) is 2.63. The van der Waals surface area contributed by atoms with Gasteiger partial charge in [0.15, 0.2) is 0 Å². The monoisotopic (exact) mass is 240 g/mol. The van der Waals surface area contributed by atoms with Crippen LogP contribution in [-0.4, -0.2) is 36.2 Å². The fourth-order valence-corrected chi connectivity index (χ4v) is 3.00. The highest BCUT2D eigenvalue weighted by molar-refractivity contribution is 5.83. The summed E-state index contributed by atoms with van der Waals surface area (Å²) in [7, 11) is 0. The minimum absolute atomic E-state index is 0.0275. The Morgan fingerprint density at radius 3 is 2.82 bits per heavy atom. The molecule has 2 fully saturated rings. The summed E-state index contributed by atoms with van der Waals surface area (Å²) >= 11 is 0. The van der Waals surface area contributed by atoms with E-state index >= 15 is 0 Å². The average molecular weight is 240 g/mol. The van der Waals surface area contributed by atoms with Crippen LogP contribution in [0.5, 0.6) is 0 Å². The molecule has 98 valence electrons. The van der Waals surface area contributed by atoms with Gasteiger partial charge in [0.1, 0.15) is 0 Å². The number of carbonyl (C=O) groups is 1. The number of amides is 1. The number of aliphatic hydroxyl groups is 1. The van der Waals surface area contributed by atoms with Gasteiger partial charge in [0.2, 0.25) is 5.91 Å². The van der Waals surface area contributed by atoms with Crippen LogP contribution < -0.4 is 10.6 Å². The molecule has 0 radical (unpaired) electrons. The van der Waals surface area contributed by atoms with E-state index < -0.39 is 0 Å². The van der Waals surface area contributed by atoms with Crippen molar-refractivity contribution in [3.63, 3.8) is 0 Å². The zero-order valence-corrected chi connectivity index (χ0v) is 10.7. The first-order valence-corrected chi connectivity index (χ1v) is 6.88. The fraction of sp³-hybridized carbons (Fsp3) is 0.923. The minimum Gasteiger partial charge on any atom is -0.391 e. The summed E-state index contributed by atoms with van der Waals surface area (Å²) in [6.07, 6.45) is 5.36. The first-order valence-electron chi connectivity index (χ1n) is 6.88. The van der Waals surface area contributed by atoms with E-state index in [2.05, 4.69) is 17.6 Å². The highest BCUT2D eigenvalue weighted by atomic mass is 16.3. The molecule has 1 saturated carbocycles. The van der Waals surface area contributed by atoms with Crippen LogP contribution in [-0.2, 0) is 4.79 Å². The quantitative estimate of drug-likeness (QED) is 0.683. The predicted molar refractivity (Wildman–Crippen MR) is 66.6 cm³/mol. The van der Waals surface area contributed by atoms with Crippen LogP contribution >= 0.6 is 0 Å². The number of hydrogen-bond acceptors (Lipinski definition) is 3. The van der Waals surface area contributed by atoms with Crippen molar-refractivity contribution in [2.75, 3.05) is 13.1 Å². The number of nitrogens with one attached hydrogen (secondary N) is 2. The molecule has 1 amide bonds. The Labute approximate surface area is 103 Å². The van der Waals surface area contributed by atoms with Crippen molar-refractivity contribution in [1.29, 1.82) is 0 Å². The maximum atomic E-state index is 12.3. The Bertz CT molecular complexity index is 275. The number of aliphatic hydroxyl groups excluding tert-OH is 1. The van der Waals surface area contributed by atoms with E-state index in [1.54, 1.807) is 0 Å². The van der Waals surface area contributed by atoms with Crippen LogP contribution in [0, 0.1) is 5.41 Å². The zero-order valence-electron chi connectivity index (χ0n) is 10.7. The van der Waals surface area contributed by atoms with Crippen LogP contribution in [0.2, 0.25) is 0 Å². The van der Waals surface area contributed by atoms with Gasteiger partial charge < -0.3 is 15.7 Å². The maximum Gasteiger partial charge on any atom is 0.227 e. The van der Waals surface area contributed by atoms with Gasteiger partial charge in [-0.05, 0) is 32.2 Å². The van der Waals surface area contributed by atoms with Gasteiger partial charge in [0.25, 0.3) is 0 Å².